The van der Waals surface area contributed by atoms with Crippen LogP contribution in [0, 0.1) is 10.1 Å². The van der Waals surface area contributed by atoms with Crippen molar-refractivity contribution in [3.8, 4) is 0 Å². The van der Waals surface area contributed by atoms with Crippen molar-refractivity contribution < 1.29 is 4.92 Å². The monoisotopic (exact) mass is 352 g/mol. The number of aromatic amines is 1. The molecule has 24 heavy (non-hydrogen) atoms. The fourth-order valence-corrected chi connectivity index (χ4v) is 2.47. The van der Waals surface area contributed by atoms with Crippen molar-refractivity contribution in [2.45, 2.75) is 19.3 Å². The van der Waals surface area contributed by atoms with Gasteiger partial charge in [-0.15, -0.1) is 12.4 Å². The highest BCUT2D eigenvalue weighted by molar-refractivity contribution is 5.85. The molecule has 10 heteroatoms. The van der Waals surface area contributed by atoms with Crippen molar-refractivity contribution in [1.29, 1.82) is 0 Å². The van der Waals surface area contributed by atoms with E-state index in [4.69, 9.17) is 0 Å². The number of nitrogens with one attached hydrogen (secondary N) is 2. The number of piperidine rings is 1. The van der Waals surface area contributed by atoms with Crippen molar-refractivity contribution >= 4 is 35.7 Å². The van der Waals surface area contributed by atoms with Gasteiger partial charge in [-0.3, -0.25) is 15.1 Å². The van der Waals surface area contributed by atoms with Gasteiger partial charge in [-0.05, 0) is 31.4 Å². The van der Waals surface area contributed by atoms with Crippen LogP contribution in [0.4, 0.5) is 23.3 Å². The fraction of sp³-hybridized carbons (Fsp3) is 0.357. The maximum atomic E-state index is 11.7. The van der Waals surface area contributed by atoms with E-state index in [1.54, 1.807) is 12.1 Å². The van der Waals surface area contributed by atoms with Gasteiger partial charge in [0.15, 0.2) is 0 Å². The summed E-state index contributed by atoms with van der Waals surface area (Å²) in [6, 6.07) is 5.87. The average molecular weight is 353 g/mol. The number of hydrogen-bond acceptors (Lipinski definition) is 7. The molecule has 2 N–H and O–H groups in total. The number of nitro groups is 1. The van der Waals surface area contributed by atoms with Crippen molar-refractivity contribution in [1.82, 2.24) is 15.0 Å². The molecule has 1 aliphatic rings. The third-order valence-electron chi connectivity index (χ3n) is 3.62. The van der Waals surface area contributed by atoms with Crippen LogP contribution >= 0.6 is 12.4 Å². The van der Waals surface area contributed by atoms with E-state index in [-0.39, 0.29) is 24.0 Å². The Morgan fingerprint density at radius 3 is 2.42 bits per heavy atom. The summed E-state index contributed by atoms with van der Waals surface area (Å²) in [5.41, 5.74) is 0.111. The predicted octanol–water partition coefficient (Wildman–Crippen LogP) is 2.23. The number of rotatable bonds is 4. The molecule has 0 atom stereocenters. The molecule has 2 aromatic rings. The van der Waals surface area contributed by atoms with Gasteiger partial charge >= 0.3 is 5.69 Å². The normalized spacial score (nSPS) is 13.9. The van der Waals surface area contributed by atoms with Crippen LogP contribution < -0.4 is 15.9 Å². The van der Waals surface area contributed by atoms with Gasteiger partial charge in [0.25, 0.3) is 5.69 Å². The number of aromatic nitrogens is 3. The SMILES string of the molecule is Cl.O=c1nc(N2CCCCC2)nc(Nc2ccc([N+](=O)[O-])cc2)[nH]1. The average Bonchev–Trinajstić information content (AvgIpc) is 2.55. The molecule has 0 saturated carbocycles. The van der Waals surface area contributed by atoms with E-state index in [9.17, 15) is 14.9 Å². The minimum atomic E-state index is -0.481. The van der Waals surface area contributed by atoms with Gasteiger partial charge in [0, 0.05) is 30.9 Å². The first kappa shape index (κ1) is 17.7. The summed E-state index contributed by atoms with van der Waals surface area (Å²) in [5, 5.41) is 13.6. The molecule has 1 aromatic carbocycles. The summed E-state index contributed by atoms with van der Waals surface area (Å²) < 4.78 is 0. The zero-order valence-electron chi connectivity index (χ0n) is 12.8. The van der Waals surface area contributed by atoms with E-state index in [0.717, 1.165) is 25.9 Å². The summed E-state index contributed by atoms with van der Waals surface area (Å²) in [6.07, 6.45) is 3.29. The molecule has 1 saturated heterocycles. The van der Waals surface area contributed by atoms with Gasteiger partial charge in [-0.1, -0.05) is 0 Å². The number of nitro benzene ring substituents is 1. The minimum absolute atomic E-state index is 0. The standard InChI is InChI=1S/C14H16N6O3.ClH/c21-14-17-12(15-10-4-6-11(7-5-10)20(22)23)16-13(18-14)19-8-2-1-3-9-19;/h4-7H,1-3,8-9H2,(H2,15,16,17,18,21);1H. The first-order valence-corrected chi connectivity index (χ1v) is 7.36. The Morgan fingerprint density at radius 2 is 1.79 bits per heavy atom. The molecule has 0 unspecified atom stereocenters. The predicted molar refractivity (Wildman–Crippen MR) is 92.3 cm³/mol. The Hall–Kier alpha value is -2.68. The third-order valence-corrected chi connectivity index (χ3v) is 3.62. The van der Waals surface area contributed by atoms with Gasteiger partial charge in [-0.2, -0.15) is 9.97 Å². The van der Waals surface area contributed by atoms with E-state index in [0.29, 0.717) is 11.6 Å². The second-order valence-electron chi connectivity index (χ2n) is 5.28. The van der Waals surface area contributed by atoms with E-state index in [1.807, 2.05) is 4.90 Å². The second kappa shape index (κ2) is 7.73. The molecule has 2 heterocycles. The van der Waals surface area contributed by atoms with Crippen LogP contribution in [0.2, 0.25) is 0 Å². The Labute approximate surface area is 143 Å². The van der Waals surface area contributed by atoms with Gasteiger partial charge in [-0.25, -0.2) is 4.79 Å². The molecule has 1 fully saturated rings. The molecule has 9 nitrogen and oxygen atoms in total. The Bertz CT molecular complexity index is 758. The largest absolute Gasteiger partial charge is 0.351 e. The summed E-state index contributed by atoms with van der Waals surface area (Å²) >= 11 is 0. The second-order valence-corrected chi connectivity index (χ2v) is 5.28. The summed E-state index contributed by atoms with van der Waals surface area (Å²) in [6.45, 7) is 1.67. The topological polar surface area (TPSA) is 117 Å². The van der Waals surface area contributed by atoms with Gasteiger partial charge in [0.2, 0.25) is 11.9 Å². The molecule has 0 bridgehead atoms. The summed E-state index contributed by atoms with van der Waals surface area (Å²) in [7, 11) is 0. The van der Waals surface area contributed by atoms with Crippen LogP contribution in [-0.4, -0.2) is 33.0 Å². The van der Waals surface area contributed by atoms with Crippen molar-refractivity contribution in [3.05, 3.63) is 44.9 Å². The number of hydrogen-bond donors (Lipinski definition) is 2. The molecule has 3 rings (SSSR count). The zero-order valence-corrected chi connectivity index (χ0v) is 13.6. The Balaban J connectivity index is 0.00000208. The first-order valence-electron chi connectivity index (χ1n) is 7.36. The highest BCUT2D eigenvalue weighted by Gasteiger charge is 2.15. The first-order chi connectivity index (χ1) is 11.1. The van der Waals surface area contributed by atoms with Crippen LogP contribution in [0.1, 0.15) is 19.3 Å². The molecule has 0 aliphatic carbocycles. The number of anilines is 3. The maximum Gasteiger partial charge on any atom is 0.351 e. The smallest absolute Gasteiger partial charge is 0.341 e. The Morgan fingerprint density at radius 1 is 1.12 bits per heavy atom. The molecule has 0 spiro atoms. The number of H-pyrrole nitrogens is 1. The number of benzene rings is 1. The summed E-state index contributed by atoms with van der Waals surface area (Å²) in [4.78, 5) is 34.6. The number of non-ortho nitro benzene ring substituents is 1. The lowest BCUT2D eigenvalue weighted by Gasteiger charge is -2.26. The van der Waals surface area contributed by atoms with Crippen LogP contribution in [0.15, 0.2) is 29.1 Å². The van der Waals surface area contributed by atoms with Crippen molar-refractivity contribution in [2.75, 3.05) is 23.3 Å². The van der Waals surface area contributed by atoms with Crippen LogP contribution in [0.5, 0.6) is 0 Å². The van der Waals surface area contributed by atoms with Crippen molar-refractivity contribution in [2.24, 2.45) is 0 Å². The lowest BCUT2D eigenvalue weighted by atomic mass is 10.1. The Kier molecular flexibility index (Phi) is 5.69. The van der Waals surface area contributed by atoms with E-state index >= 15 is 0 Å². The van der Waals surface area contributed by atoms with Gasteiger partial charge < -0.3 is 10.2 Å². The van der Waals surface area contributed by atoms with E-state index in [2.05, 4.69) is 20.3 Å². The molecule has 128 valence electrons. The summed E-state index contributed by atoms with van der Waals surface area (Å²) in [5.74, 6) is 0.664. The van der Waals surface area contributed by atoms with E-state index < -0.39 is 10.6 Å². The van der Waals surface area contributed by atoms with Gasteiger partial charge in [0.05, 0.1) is 4.92 Å². The van der Waals surface area contributed by atoms with Gasteiger partial charge in [0.1, 0.15) is 0 Å². The zero-order chi connectivity index (χ0) is 16.2. The fourth-order valence-electron chi connectivity index (χ4n) is 2.47. The highest BCUT2D eigenvalue weighted by Crippen LogP contribution is 2.19. The number of nitrogens with zero attached hydrogens (tertiary/aromatic N) is 4. The highest BCUT2D eigenvalue weighted by atomic mass is 35.5. The molecule has 0 radical (unpaired) electrons. The molecule has 1 aliphatic heterocycles. The van der Waals surface area contributed by atoms with Crippen LogP contribution in [0.25, 0.3) is 0 Å². The minimum Gasteiger partial charge on any atom is -0.341 e. The van der Waals surface area contributed by atoms with Crippen LogP contribution in [0.3, 0.4) is 0 Å². The lowest BCUT2D eigenvalue weighted by Crippen LogP contribution is -2.33. The van der Waals surface area contributed by atoms with Crippen molar-refractivity contribution in [3.63, 3.8) is 0 Å². The quantitative estimate of drug-likeness (QED) is 0.640. The molecule has 1 aromatic heterocycles. The van der Waals surface area contributed by atoms with Crippen LogP contribution in [-0.2, 0) is 0 Å². The molecule has 0 amide bonds. The molecular weight excluding hydrogens is 336 g/mol. The number of halogens is 1. The third kappa shape index (κ3) is 4.19. The van der Waals surface area contributed by atoms with E-state index in [1.165, 1.54) is 18.6 Å². The lowest BCUT2D eigenvalue weighted by molar-refractivity contribution is -0.384. The molecular formula is C14H17ClN6O3. The maximum absolute atomic E-state index is 11.7.